The fourth-order valence-corrected chi connectivity index (χ4v) is 2.75. The number of rotatable bonds is 3. The third-order valence-corrected chi connectivity index (χ3v) is 3.92. The average molecular weight is 298 g/mol. The summed E-state index contributed by atoms with van der Waals surface area (Å²) in [6.07, 6.45) is 4.70. The standard InChI is InChI=1S/C13H16BrNO2/c14-12-8-10(13(16)17)5-4-9(12)7-11-3-1-2-6-15-11/h4-5,8,11,15H,1-3,6-7H2,(H,16,17). The number of nitrogens with one attached hydrogen (secondary N) is 1. The number of aromatic carboxylic acids is 1. The molecule has 92 valence electrons. The van der Waals surface area contributed by atoms with Gasteiger partial charge >= 0.3 is 5.97 Å². The molecule has 0 aliphatic carbocycles. The number of carbonyl (C=O) groups is 1. The van der Waals surface area contributed by atoms with Crippen LogP contribution in [-0.4, -0.2) is 23.7 Å². The molecule has 17 heavy (non-hydrogen) atoms. The van der Waals surface area contributed by atoms with Crippen LogP contribution in [0.1, 0.15) is 35.2 Å². The molecule has 1 atom stereocenters. The van der Waals surface area contributed by atoms with Gasteiger partial charge in [0.1, 0.15) is 0 Å². The van der Waals surface area contributed by atoms with Gasteiger partial charge in [-0.25, -0.2) is 4.79 Å². The molecule has 0 amide bonds. The van der Waals surface area contributed by atoms with Crippen molar-refractivity contribution in [2.45, 2.75) is 31.7 Å². The highest BCUT2D eigenvalue weighted by Gasteiger charge is 2.15. The number of hydrogen-bond donors (Lipinski definition) is 2. The van der Waals surface area contributed by atoms with Crippen molar-refractivity contribution >= 4 is 21.9 Å². The molecular formula is C13H16BrNO2. The Morgan fingerprint density at radius 3 is 2.88 bits per heavy atom. The molecule has 1 unspecified atom stereocenters. The van der Waals surface area contributed by atoms with Gasteiger partial charge in [-0.2, -0.15) is 0 Å². The van der Waals surface area contributed by atoms with Crippen LogP contribution < -0.4 is 5.32 Å². The third-order valence-electron chi connectivity index (χ3n) is 3.18. The molecule has 0 aromatic heterocycles. The first-order chi connectivity index (χ1) is 8.16. The summed E-state index contributed by atoms with van der Waals surface area (Å²) in [4.78, 5) is 10.8. The molecule has 1 fully saturated rings. The Morgan fingerprint density at radius 2 is 2.29 bits per heavy atom. The van der Waals surface area contributed by atoms with Crippen LogP contribution in [-0.2, 0) is 6.42 Å². The van der Waals surface area contributed by atoms with E-state index in [9.17, 15) is 4.79 Å². The molecule has 1 aliphatic rings. The maximum absolute atomic E-state index is 10.8. The first-order valence-electron chi connectivity index (χ1n) is 5.92. The van der Waals surface area contributed by atoms with Gasteiger partial charge in [-0.1, -0.05) is 28.4 Å². The van der Waals surface area contributed by atoms with E-state index in [0.29, 0.717) is 11.6 Å². The van der Waals surface area contributed by atoms with Gasteiger partial charge in [0.15, 0.2) is 0 Å². The molecule has 2 rings (SSSR count). The van der Waals surface area contributed by atoms with Gasteiger partial charge in [0.05, 0.1) is 5.56 Å². The van der Waals surface area contributed by atoms with E-state index in [2.05, 4.69) is 21.2 Å². The van der Waals surface area contributed by atoms with Crippen molar-refractivity contribution in [3.05, 3.63) is 33.8 Å². The van der Waals surface area contributed by atoms with Crippen LogP contribution in [0.4, 0.5) is 0 Å². The van der Waals surface area contributed by atoms with E-state index in [-0.39, 0.29) is 0 Å². The second-order valence-corrected chi connectivity index (χ2v) is 5.32. The third kappa shape index (κ3) is 3.30. The summed E-state index contributed by atoms with van der Waals surface area (Å²) >= 11 is 3.45. The van der Waals surface area contributed by atoms with E-state index in [1.165, 1.54) is 24.8 Å². The van der Waals surface area contributed by atoms with E-state index in [1.54, 1.807) is 12.1 Å². The number of carboxylic acid groups (broad SMARTS) is 1. The van der Waals surface area contributed by atoms with Crippen LogP contribution in [0.3, 0.4) is 0 Å². The molecule has 1 aromatic carbocycles. The summed E-state index contributed by atoms with van der Waals surface area (Å²) in [5, 5.41) is 12.4. The summed E-state index contributed by atoms with van der Waals surface area (Å²) in [5.74, 6) is -0.881. The lowest BCUT2D eigenvalue weighted by molar-refractivity contribution is 0.0697. The molecule has 4 heteroatoms. The van der Waals surface area contributed by atoms with Crippen molar-refractivity contribution in [3.8, 4) is 0 Å². The number of piperidine rings is 1. The second kappa shape index (κ2) is 5.65. The Morgan fingerprint density at radius 1 is 1.47 bits per heavy atom. The van der Waals surface area contributed by atoms with Gasteiger partial charge in [-0.15, -0.1) is 0 Å². The normalized spacial score (nSPS) is 20.2. The van der Waals surface area contributed by atoms with Gasteiger partial charge in [0, 0.05) is 10.5 Å². The smallest absolute Gasteiger partial charge is 0.335 e. The van der Waals surface area contributed by atoms with Crippen molar-refractivity contribution in [2.75, 3.05) is 6.54 Å². The van der Waals surface area contributed by atoms with E-state index in [1.807, 2.05) is 6.07 Å². The Kier molecular flexibility index (Phi) is 4.18. The monoisotopic (exact) mass is 297 g/mol. The van der Waals surface area contributed by atoms with Crippen molar-refractivity contribution in [1.82, 2.24) is 5.32 Å². The van der Waals surface area contributed by atoms with Gasteiger partial charge in [-0.3, -0.25) is 0 Å². The van der Waals surface area contributed by atoms with Crippen LogP contribution in [0.25, 0.3) is 0 Å². The highest BCUT2D eigenvalue weighted by atomic mass is 79.9. The van der Waals surface area contributed by atoms with Crippen LogP contribution in [0, 0.1) is 0 Å². The molecule has 1 aromatic rings. The second-order valence-electron chi connectivity index (χ2n) is 4.46. The summed E-state index contributed by atoms with van der Waals surface area (Å²) in [7, 11) is 0. The SMILES string of the molecule is O=C(O)c1ccc(CC2CCCCN2)c(Br)c1. The highest BCUT2D eigenvalue weighted by Crippen LogP contribution is 2.22. The maximum atomic E-state index is 10.8. The predicted molar refractivity (Wildman–Crippen MR) is 70.4 cm³/mol. The maximum Gasteiger partial charge on any atom is 0.335 e. The minimum atomic E-state index is -0.881. The van der Waals surface area contributed by atoms with Crippen LogP contribution in [0.2, 0.25) is 0 Å². The molecule has 0 spiro atoms. The van der Waals surface area contributed by atoms with E-state index in [4.69, 9.17) is 5.11 Å². The average Bonchev–Trinajstić information content (AvgIpc) is 2.33. The zero-order valence-electron chi connectivity index (χ0n) is 9.58. The molecule has 1 saturated heterocycles. The van der Waals surface area contributed by atoms with Crippen molar-refractivity contribution in [3.63, 3.8) is 0 Å². The highest BCUT2D eigenvalue weighted by molar-refractivity contribution is 9.10. The van der Waals surface area contributed by atoms with Crippen molar-refractivity contribution < 1.29 is 9.90 Å². The van der Waals surface area contributed by atoms with Gasteiger partial charge in [0.25, 0.3) is 0 Å². The fourth-order valence-electron chi connectivity index (χ4n) is 2.21. The predicted octanol–water partition coefficient (Wildman–Crippen LogP) is 2.83. The molecule has 0 radical (unpaired) electrons. The number of benzene rings is 1. The molecule has 2 N–H and O–H groups in total. The Labute approximate surface area is 109 Å². The fraction of sp³-hybridized carbons (Fsp3) is 0.462. The van der Waals surface area contributed by atoms with E-state index in [0.717, 1.165) is 17.4 Å². The minimum absolute atomic E-state index is 0.331. The van der Waals surface area contributed by atoms with Crippen LogP contribution in [0.15, 0.2) is 22.7 Å². The molecule has 1 aliphatic heterocycles. The Hall–Kier alpha value is -0.870. The molecular weight excluding hydrogens is 282 g/mol. The van der Waals surface area contributed by atoms with E-state index < -0.39 is 5.97 Å². The molecule has 1 heterocycles. The lowest BCUT2D eigenvalue weighted by Gasteiger charge is -2.23. The van der Waals surface area contributed by atoms with Gasteiger partial charge in [-0.05, 0) is 43.5 Å². The first kappa shape index (κ1) is 12.6. The zero-order valence-corrected chi connectivity index (χ0v) is 11.2. The molecule has 0 bridgehead atoms. The minimum Gasteiger partial charge on any atom is -0.478 e. The zero-order chi connectivity index (χ0) is 12.3. The summed E-state index contributed by atoms with van der Waals surface area (Å²) in [6, 6.07) is 5.78. The van der Waals surface area contributed by atoms with Crippen molar-refractivity contribution in [2.24, 2.45) is 0 Å². The van der Waals surface area contributed by atoms with Gasteiger partial charge < -0.3 is 10.4 Å². The lowest BCUT2D eigenvalue weighted by Crippen LogP contribution is -2.35. The Balaban J connectivity index is 2.08. The molecule has 3 nitrogen and oxygen atoms in total. The Bertz CT molecular complexity index is 414. The molecule has 0 saturated carbocycles. The first-order valence-corrected chi connectivity index (χ1v) is 6.71. The quantitative estimate of drug-likeness (QED) is 0.902. The van der Waals surface area contributed by atoms with Crippen molar-refractivity contribution in [1.29, 1.82) is 0 Å². The van der Waals surface area contributed by atoms with Crippen LogP contribution in [0.5, 0.6) is 0 Å². The van der Waals surface area contributed by atoms with Crippen LogP contribution >= 0.6 is 15.9 Å². The van der Waals surface area contributed by atoms with Gasteiger partial charge in [0.2, 0.25) is 0 Å². The van der Waals surface area contributed by atoms with E-state index >= 15 is 0 Å². The lowest BCUT2D eigenvalue weighted by atomic mass is 9.97. The number of carboxylic acids is 1. The summed E-state index contributed by atoms with van der Waals surface area (Å²) < 4.78 is 0.893. The summed E-state index contributed by atoms with van der Waals surface area (Å²) in [6.45, 7) is 1.09. The number of halogens is 1. The largest absolute Gasteiger partial charge is 0.478 e. The summed E-state index contributed by atoms with van der Waals surface area (Å²) in [5.41, 5.74) is 1.51. The topological polar surface area (TPSA) is 49.3 Å². The number of hydrogen-bond acceptors (Lipinski definition) is 2.